The molecule has 0 radical (unpaired) electrons. The van der Waals surface area contributed by atoms with E-state index in [0.717, 1.165) is 0 Å². The second kappa shape index (κ2) is 6.12. The van der Waals surface area contributed by atoms with Crippen LogP contribution in [0.5, 0.6) is 0 Å². The highest BCUT2D eigenvalue weighted by Gasteiger charge is 2.27. The molecule has 0 amide bonds. The summed E-state index contributed by atoms with van der Waals surface area (Å²) in [5.41, 5.74) is 2.36. The van der Waals surface area contributed by atoms with Gasteiger partial charge in [-0.3, -0.25) is 15.0 Å². The van der Waals surface area contributed by atoms with Gasteiger partial charge in [0, 0.05) is 23.2 Å². The molecule has 1 rings (SSSR count). The van der Waals surface area contributed by atoms with E-state index in [-0.39, 0.29) is 12.2 Å². The van der Waals surface area contributed by atoms with E-state index in [0.29, 0.717) is 10.0 Å². The lowest BCUT2D eigenvalue weighted by molar-refractivity contribution is -0.385. The van der Waals surface area contributed by atoms with Crippen LogP contribution in [0.3, 0.4) is 0 Å². The lowest BCUT2D eigenvalue weighted by atomic mass is 10.2. The topological polar surface area (TPSA) is 64.4 Å². The highest BCUT2D eigenvalue weighted by Crippen LogP contribution is 2.21. The summed E-state index contributed by atoms with van der Waals surface area (Å²) in [4.78, 5) is 14.1. The molecular formula is C9H8BrF3N2O3. The van der Waals surface area contributed by atoms with Crippen molar-refractivity contribution in [2.24, 2.45) is 0 Å². The summed E-state index contributed by atoms with van der Waals surface area (Å²) < 4.78 is 35.7. The molecule has 0 saturated heterocycles. The van der Waals surface area contributed by atoms with Crippen LogP contribution in [0.15, 0.2) is 22.7 Å². The van der Waals surface area contributed by atoms with Crippen LogP contribution in [0.4, 0.5) is 18.9 Å². The van der Waals surface area contributed by atoms with E-state index >= 15 is 0 Å². The maximum atomic E-state index is 11.8. The predicted molar refractivity (Wildman–Crippen MR) is 59.6 cm³/mol. The van der Waals surface area contributed by atoms with Gasteiger partial charge in [-0.1, -0.05) is 15.9 Å². The van der Waals surface area contributed by atoms with Crippen molar-refractivity contribution in [2.45, 2.75) is 12.7 Å². The Morgan fingerprint density at radius 3 is 2.61 bits per heavy atom. The first-order valence-corrected chi connectivity index (χ1v) is 5.42. The molecule has 1 aromatic carbocycles. The fourth-order valence-corrected chi connectivity index (χ4v) is 1.64. The number of halogens is 4. The average Bonchev–Trinajstić information content (AvgIpc) is 2.22. The minimum absolute atomic E-state index is 0.0731. The molecule has 0 spiro atoms. The second-order valence-electron chi connectivity index (χ2n) is 3.30. The highest BCUT2D eigenvalue weighted by atomic mass is 79.9. The smallest absolute Gasteiger partial charge is 0.292 e. The van der Waals surface area contributed by atoms with E-state index in [1.54, 1.807) is 0 Å². The van der Waals surface area contributed by atoms with E-state index in [9.17, 15) is 23.3 Å². The largest absolute Gasteiger partial charge is 0.413 e. The number of nitro groups is 1. The molecule has 0 aromatic heterocycles. The lowest BCUT2D eigenvalue weighted by Crippen LogP contribution is -2.24. The molecule has 0 atom stereocenters. The fraction of sp³-hybridized carbons (Fsp3) is 0.333. The van der Waals surface area contributed by atoms with Gasteiger partial charge in [0.05, 0.1) is 4.92 Å². The molecule has 100 valence electrons. The third kappa shape index (κ3) is 5.43. The Labute approximate surface area is 108 Å². The number of benzene rings is 1. The van der Waals surface area contributed by atoms with Gasteiger partial charge < -0.3 is 0 Å². The molecule has 0 heterocycles. The van der Waals surface area contributed by atoms with Crippen molar-refractivity contribution in [3.63, 3.8) is 0 Å². The molecule has 1 N–H and O–H groups in total. The second-order valence-corrected chi connectivity index (χ2v) is 4.22. The fourth-order valence-electron chi connectivity index (χ4n) is 1.11. The molecule has 0 aliphatic carbocycles. The van der Waals surface area contributed by atoms with Crippen LogP contribution in [0.25, 0.3) is 0 Å². The van der Waals surface area contributed by atoms with Crippen molar-refractivity contribution in [1.82, 2.24) is 5.48 Å². The Balaban J connectivity index is 2.55. The number of nitro benzene ring substituents is 1. The van der Waals surface area contributed by atoms with Crippen LogP contribution in [0, 0.1) is 10.1 Å². The Morgan fingerprint density at radius 2 is 2.06 bits per heavy atom. The van der Waals surface area contributed by atoms with Gasteiger partial charge in [-0.25, -0.2) is 0 Å². The van der Waals surface area contributed by atoms with Gasteiger partial charge in [0.15, 0.2) is 6.61 Å². The van der Waals surface area contributed by atoms with Crippen molar-refractivity contribution in [1.29, 1.82) is 0 Å². The molecular weight excluding hydrogens is 321 g/mol. The number of hydroxylamine groups is 1. The summed E-state index contributed by atoms with van der Waals surface area (Å²) >= 11 is 3.07. The first-order chi connectivity index (χ1) is 8.28. The average molecular weight is 329 g/mol. The van der Waals surface area contributed by atoms with Gasteiger partial charge in [0.1, 0.15) is 0 Å². The molecule has 5 nitrogen and oxygen atoms in total. The van der Waals surface area contributed by atoms with Crippen molar-refractivity contribution >= 4 is 21.6 Å². The Morgan fingerprint density at radius 1 is 1.39 bits per heavy atom. The number of hydrogen-bond acceptors (Lipinski definition) is 4. The predicted octanol–water partition coefficient (Wildman–Crippen LogP) is 2.94. The quantitative estimate of drug-likeness (QED) is 0.512. The third-order valence-electron chi connectivity index (χ3n) is 1.77. The molecule has 0 aliphatic rings. The molecule has 1 aromatic rings. The van der Waals surface area contributed by atoms with Crippen LogP contribution < -0.4 is 5.48 Å². The maximum absolute atomic E-state index is 11.8. The first kappa shape index (κ1) is 14.9. The summed E-state index contributed by atoms with van der Waals surface area (Å²) in [5, 5.41) is 10.6. The summed E-state index contributed by atoms with van der Waals surface area (Å²) in [6.45, 7) is -1.50. The summed E-state index contributed by atoms with van der Waals surface area (Å²) in [7, 11) is 0. The normalized spacial score (nSPS) is 11.6. The van der Waals surface area contributed by atoms with Crippen molar-refractivity contribution in [3.05, 3.63) is 38.3 Å². The number of nitrogens with one attached hydrogen (secondary N) is 1. The number of alkyl halides is 3. The van der Waals surface area contributed by atoms with Gasteiger partial charge in [-0.2, -0.15) is 18.7 Å². The molecule has 0 unspecified atom stereocenters. The minimum Gasteiger partial charge on any atom is -0.292 e. The van der Waals surface area contributed by atoms with Gasteiger partial charge in [-0.05, 0) is 11.6 Å². The highest BCUT2D eigenvalue weighted by molar-refractivity contribution is 9.10. The van der Waals surface area contributed by atoms with Crippen molar-refractivity contribution in [2.75, 3.05) is 6.61 Å². The van der Waals surface area contributed by atoms with Gasteiger partial charge in [-0.15, -0.1) is 0 Å². The number of hydrogen-bond donors (Lipinski definition) is 1. The van der Waals surface area contributed by atoms with Crippen LogP contribution >= 0.6 is 15.9 Å². The maximum Gasteiger partial charge on any atom is 0.413 e. The Kier molecular flexibility index (Phi) is 5.05. The summed E-state index contributed by atoms with van der Waals surface area (Å²) in [6.07, 6.45) is -4.42. The Hall–Kier alpha value is -1.19. The van der Waals surface area contributed by atoms with E-state index in [1.165, 1.54) is 18.2 Å². The standard InChI is InChI=1S/C9H8BrF3N2O3/c10-7-1-6(2-8(3-7)15(16)17)4-14-18-5-9(11,12)13/h1-3,14H,4-5H2. The summed E-state index contributed by atoms with van der Waals surface area (Å²) in [6, 6.07) is 4.08. The van der Waals surface area contributed by atoms with E-state index in [2.05, 4.69) is 26.2 Å². The van der Waals surface area contributed by atoms with Gasteiger partial charge in [0.25, 0.3) is 5.69 Å². The molecule has 0 fully saturated rings. The number of non-ortho nitro benzene ring substituents is 1. The van der Waals surface area contributed by atoms with Gasteiger partial charge >= 0.3 is 6.18 Å². The Bertz CT molecular complexity index is 440. The zero-order chi connectivity index (χ0) is 13.8. The molecule has 0 aliphatic heterocycles. The third-order valence-corrected chi connectivity index (χ3v) is 2.23. The molecule has 18 heavy (non-hydrogen) atoms. The zero-order valence-electron chi connectivity index (χ0n) is 8.83. The molecule has 0 saturated carbocycles. The summed E-state index contributed by atoms with van der Waals surface area (Å²) in [5.74, 6) is 0. The monoisotopic (exact) mass is 328 g/mol. The van der Waals surface area contributed by atoms with Crippen molar-refractivity contribution in [3.8, 4) is 0 Å². The van der Waals surface area contributed by atoms with Gasteiger partial charge in [0.2, 0.25) is 0 Å². The van der Waals surface area contributed by atoms with E-state index in [1.807, 2.05) is 0 Å². The van der Waals surface area contributed by atoms with Crippen LogP contribution in [-0.4, -0.2) is 17.7 Å². The van der Waals surface area contributed by atoms with E-state index < -0.39 is 17.7 Å². The molecule has 9 heteroatoms. The molecule has 0 bridgehead atoms. The first-order valence-electron chi connectivity index (χ1n) is 4.63. The minimum atomic E-state index is -4.42. The number of nitrogens with zero attached hydrogens (tertiary/aromatic N) is 1. The van der Waals surface area contributed by atoms with Crippen LogP contribution in [-0.2, 0) is 11.4 Å². The van der Waals surface area contributed by atoms with E-state index in [4.69, 9.17) is 0 Å². The zero-order valence-corrected chi connectivity index (χ0v) is 10.4. The van der Waals surface area contributed by atoms with Crippen molar-refractivity contribution < 1.29 is 22.9 Å². The number of rotatable bonds is 5. The van der Waals surface area contributed by atoms with Crippen LogP contribution in [0.2, 0.25) is 0 Å². The lowest BCUT2D eigenvalue weighted by Gasteiger charge is -2.08. The SMILES string of the molecule is O=[N+]([O-])c1cc(Br)cc(CNOCC(F)(F)F)c1. The van der Waals surface area contributed by atoms with Crippen LogP contribution in [0.1, 0.15) is 5.56 Å².